The van der Waals surface area contributed by atoms with Crippen molar-refractivity contribution in [2.45, 2.75) is 26.5 Å². The van der Waals surface area contributed by atoms with Crippen molar-refractivity contribution in [1.82, 2.24) is 4.57 Å². The number of carbonyl (C=O) groups is 1. The molecule has 0 fully saturated rings. The number of fused-ring (bicyclic) bond motifs is 1. The predicted molar refractivity (Wildman–Crippen MR) is 92.8 cm³/mol. The van der Waals surface area contributed by atoms with Gasteiger partial charge < -0.3 is 10.1 Å². The predicted octanol–water partition coefficient (Wildman–Crippen LogP) is 2.10. The number of carbonyl (C=O) groups excluding carboxylic acids is 1. The van der Waals surface area contributed by atoms with E-state index in [1.807, 2.05) is 0 Å². The minimum Gasteiger partial charge on any atom is -0.466 e. The summed E-state index contributed by atoms with van der Waals surface area (Å²) in [6.07, 6.45) is 1.57. The molecule has 1 N–H and O–H groups in total. The summed E-state index contributed by atoms with van der Waals surface area (Å²) < 4.78 is 7.17. The molecular formula is C18H16N4O3. The molecule has 0 radical (unpaired) electrons. The maximum atomic E-state index is 12.7. The highest BCUT2D eigenvalue weighted by molar-refractivity contribution is 6.04. The number of rotatable bonds is 1. The van der Waals surface area contributed by atoms with E-state index in [1.165, 1.54) is 17.6 Å². The Labute approximate surface area is 144 Å². The van der Waals surface area contributed by atoms with Crippen molar-refractivity contribution in [3.05, 3.63) is 58.0 Å². The molecule has 0 spiro atoms. The number of aromatic nitrogens is 1. The fourth-order valence-corrected chi connectivity index (χ4v) is 2.60. The smallest absolute Gasteiger partial charge is 0.280 e. The number of nitrogens with zero attached hydrogens (tertiary/aromatic N) is 3. The van der Waals surface area contributed by atoms with Gasteiger partial charge in [-0.3, -0.25) is 14.2 Å². The topological polar surface area (TPSA) is 96.5 Å². The Balaban J connectivity index is 2.23. The van der Waals surface area contributed by atoms with Crippen molar-refractivity contribution in [3.8, 4) is 11.8 Å². The summed E-state index contributed by atoms with van der Waals surface area (Å²) >= 11 is 0. The van der Waals surface area contributed by atoms with Crippen LogP contribution in [0.1, 0.15) is 31.9 Å². The molecule has 25 heavy (non-hydrogen) atoms. The number of benzene rings is 1. The molecule has 1 aliphatic rings. The minimum atomic E-state index is -0.875. The SMILES string of the molecule is CC(=O)Nc1cccn(C2=NC(C)(C)Oc3ccc(C#N)cc32)c1=O. The molecule has 2 heterocycles. The third-order valence-corrected chi connectivity index (χ3v) is 3.57. The summed E-state index contributed by atoms with van der Waals surface area (Å²) in [5.74, 6) is 0.558. The van der Waals surface area contributed by atoms with Crippen LogP contribution < -0.4 is 15.6 Å². The first-order valence-corrected chi connectivity index (χ1v) is 7.64. The fourth-order valence-electron chi connectivity index (χ4n) is 2.60. The van der Waals surface area contributed by atoms with Crippen LogP contribution in [-0.2, 0) is 4.79 Å². The molecule has 3 rings (SSSR count). The summed E-state index contributed by atoms with van der Waals surface area (Å²) in [6, 6.07) is 10.2. The number of nitrogens with one attached hydrogen (secondary N) is 1. The minimum absolute atomic E-state index is 0.153. The van der Waals surface area contributed by atoms with Gasteiger partial charge in [-0.2, -0.15) is 5.26 Å². The van der Waals surface area contributed by atoms with Crippen LogP contribution in [0.25, 0.3) is 0 Å². The van der Waals surface area contributed by atoms with E-state index in [1.54, 1.807) is 44.3 Å². The molecule has 126 valence electrons. The van der Waals surface area contributed by atoms with E-state index in [0.29, 0.717) is 22.7 Å². The maximum absolute atomic E-state index is 12.7. The molecule has 0 bridgehead atoms. The third kappa shape index (κ3) is 3.15. The van der Waals surface area contributed by atoms with E-state index in [9.17, 15) is 9.59 Å². The number of amides is 1. The molecule has 0 saturated heterocycles. The standard InChI is InChI=1S/C18H16N4O3/c1-11(23)20-14-5-4-8-22(17(14)24)16-13-9-12(10-19)6-7-15(13)25-18(2,3)21-16/h4-9H,1-3H3,(H,20,23). The monoisotopic (exact) mass is 336 g/mol. The fraction of sp³-hybridized carbons (Fsp3) is 0.222. The van der Waals surface area contributed by atoms with Gasteiger partial charge in [-0.1, -0.05) is 0 Å². The molecule has 0 unspecified atom stereocenters. The van der Waals surface area contributed by atoms with Crippen molar-refractivity contribution < 1.29 is 9.53 Å². The van der Waals surface area contributed by atoms with E-state index >= 15 is 0 Å². The van der Waals surface area contributed by atoms with Gasteiger partial charge in [0.1, 0.15) is 17.3 Å². The van der Waals surface area contributed by atoms with Crippen LogP contribution >= 0.6 is 0 Å². The zero-order chi connectivity index (χ0) is 18.2. The van der Waals surface area contributed by atoms with Gasteiger partial charge in [-0.25, -0.2) is 4.99 Å². The van der Waals surface area contributed by atoms with Crippen molar-refractivity contribution in [3.63, 3.8) is 0 Å². The zero-order valence-corrected chi connectivity index (χ0v) is 14.0. The lowest BCUT2D eigenvalue weighted by Crippen LogP contribution is -2.38. The average molecular weight is 336 g/mol. The van der Waals surface area contributed by atoms with Gasteiger partial charge in [0.2, 0.25) is 5.91 Å². The van der Waals surface area contributed by atoms with E-state index in [0.717, 1.165) is 0 Å². The Hall–Kier alpha value is -3.40. The molecule has 1 aromatic carbocycles. The lowest BCUT2D eigenvalue weighted by atomic mass is 10.1. The van der Waals surface area contributed by atoms with Crippen LogP contribution in [0.3, 0.4) is 0 Å². The number of anilines is 1. The summed E-state index contributed by atoms with van der Waals surface area (Å²) in [6.45, 7) is 4.88. The highest BCUT2D eigenvalue weighted by Crippen LogP contribution is 2.31. The van der Waals surface area contributed by atoms with Gasteiger partial charge in [0, 0.05) is 13.1 Å². The van der Waals surface area contributed by atoms with Gasteiger partial charge >= 0.3 is 0 Å². The number of nitriles is 1. The van der Waals surface area contributed by atoms with Crippen LogP contribution in [0.5, 0.6) is 5.75 Å². The highest BCUT2D eigenvalue weighted by Gasteiger charge is 2.29. The normalized spacial score (nSPS) is 14.6. The Morgan fingerprint density at radius 3 is 2.80 bits per heavy atom. The molecule has 1 aromatic heterocycles. The van der Waals surface area contributed by atoms with Crippen LogP contribution in [0.2, 0.25) is 0 Å². The second-order valence-electron chi connectivity index (χ2n) is 6.09. The number of hydrogen-bond acceptors (Lipinski definition) is 5. The average Bonchev–Trinajstić information content (AvgIpc) is 2.54. The Morgan fingerprint density at radius 1 is 1.36 bits per heavy atom. The first-order valence-electron chi connectivity index (χ1n) is 7.64. The van der Waals surface area contributed by atoms with Gasteiger partial charge in [0.25, 0.3) is 5.56 Å². The summed E-state index contributed by atoms with van der Waals surface area (Å²) in [4.78, 5) is 28.6. The number of pyridine rings is 1. The van der Waals surface area contributed by atoms with Crippen molar-refractivity contribution >= 4 is 17.4 Å². The number of ether oxygens (including phenoxy) is 1. The Bertz CT molecular complexity index is 996. The molecule has 0 atom stereocenters. The molecule has 1 amide bonds. The second kappa shape index (κ2) is 5.91. The first-order chi connectivity index (χ1) is 11.8. The molecule has 1 aliphatic heterocycles. The van der Waals surface area contributed by atoms with Gasteiger partial charge in [0.05, 0.1) is 17.2 Å². The molecule has 7 heteroatoms. The van der Waals surface area contributed by atoms with Gasteiger partial charge in [-0.15, -0.1) is 0 Å². The van der Waals surface area contributed by atoms with Crippen LogP contribution in [0.4, 0.5) is 5.69 Å². The number of hydrogen-bond donors (Lipinski definition) is 1. The lowest BCUT2D eigenvalue weighted by Gasteiger charge is -2.30. The van der Waals surface area contributed by atoms with Crippen LogP contribution in [0, 0.1) is 11.3 Å². The summed E-state index contributed by atoms with van der Waals surface area (Å²) in [5.41, 5.74) is -0.163. The third-order valence-electron chi connectivity index (χ3n) is 3.57. The molecule has 0 aliphatic carbocycles. The summed E-state index contributed by atoms with van der Waals surface area (Å²) in [5, 5.41) is 11.7. The van der Waals surface area contributed by atoms with Crippen molar-refractivity contribution in [1.29, 1.82) is 5.26 Å². The Morgan fingerprint density at radius 2 is 2.12 bits per heavy atom. The Kier molecular flexibility index (Phi) is 3.89. The van der Waals surface area contributed by atoms with Gasteiger partial charge in [-0.05, 0) is 44.2 Å². The van der Waals surface area contributed by atoms with Gasteiger partial charge in [0.15, 0.2) is 5.72 Å². The molecule has 7 nitrogen and oxygen atoms in total. The lowest BCUT2D eigenvalue weighted by molar-refractivity contribution is -0.114. The first kappa shape index (κ1) is 16.5. The zero-order valence-electron chi connectivity index (χ0n) is 14.0. The quantitative estimate of drug-likeness (QED) is 0.862. The maximum Gasteiger partial charge on any atom is 0.280 e. The van der Waals surface area contributed by atoms with E-state index < -0.39 is 11.3 Å². The highest BCUT2D eigenvalue weighted by atomic mass is 16.5. The van der Waals surface area contributed by atoms with E-state index in [2.05, 4.69) is 16.4 Å². The molecule has 2 aromatic rings. The number of aliphatic imine (C=N–C) groups is 1. The summed E-state index contributed by atoms with van der Waals surface area (Å²) in [7, 11) is 0. The largest absolute Gasteiger partial charge is 0.466 e. The van der Waals surface area contributed by atoms with Crippen molar-refractivity contribution in [2.24, 2.45) is 4.99 Å². The van der Waals surface area contributed by atoms with E-state index in [4.69, 9.17) is 10.00 Å². The molecule has 0 saturated carbocycles. The second-order valence-corrected chi connectivity index (χ2v) is 6.09. The van der Waals surface area contributed by atoms with Crippen molar-refractivity contribution in [2.75, 3.05) is 5.32 Å². The van der Waals surface area contributed by atoms with Crippen LogP contribution in [0.15, 0.2) is 46.3 Å². The molecular weight excluding hydrogens is 320 g/mol. The van der Waals surface area contributed by atoms with E-state index in [-0.39, 0.29) is 11.6 Å². The van der Waals surface area contributed by atoms with Crippen LogP contribution in [-0.4, -0.2) is 22.0 Å².